The Bertz CT molecular complexity index is 3250. The Balaban J connectivity index is 1.20. The standard InChI is InChI=1S/C58H41NS/c1-57(2)49-28-15-12-26-44(49)48-36-42(35-47(56(48)57)38-19-6-3-7-20-38)59(52-30-18-32-54-55(52)46-27-14-17-31-53(46)60-54)41-33-34-45-43-25-13-16-29-50(43)58(51(45)37-41,39-21-8-4-9-22-39)40-23-10-5-11-24-40/h3-37H,1-2H3. The van der Waals surface area contributed by atoms with Gasteiger partial charge in [-0.15, -0.1) is 11.3 Å². The van der Waals surface area contributed by atoms with Gasteiger partial charge in [-0.05, 0) is 109 Å². The van der Waals surface area contributed by atoms with Crippen molar-refractivity contribution >= 4 is 48.6 Å². The molecule has 0 aliphatic heterocycles. The van der Waals surface area contributed by atoms with E-state index in [1.165, 1.54) is 92.6 Å². The van der Waals surface area contributed by atoms with Crippen LogP contribution in [0.5, 0.6) is 0 Å². The van der Waals surface area contributed by atoms with Gasteiger partial charge in [0.2, 0.25) is 0 Å². The van der Waals surface area contributed by atoms with E-state index < -0.39 is 5.41 Å². The molecule has 1 nitrogen and oxygen atoms in total. The average Bonchev–Trinajstić information content (AvgIpc) is 3.91. The lowest BCUT2D eigenvalue weighted by molar-refractivity contribution is 0.662. The Kier molecular flexibility index (Phi) is 7.73. The van der Waals surface area contributed by atoms with E-state index in [4.69, 9.17) is 0 Å². The maximum absolute atomic E-state index is 2.56. The summed E-state index contributed by atoms with van der Waals surface area (Å²) in [5.74, 6) is 0. The zero-order valence-electron chi connectivity index (χ0n) is 33.6. The molecule has 284 valence electrons. The van der Waals surface area contributed by atoms with Crippen LogP contribution in [0.25, 0.3) is 53.6 Å². The second-order valence-electron chi connectivity index (χ2n) is 16.8. The van der Waals surface area contributed by atoms with Crippen molar-refractivity contribution in [3.8, 4) is 33.4 Å². The van der Waals surface area contributed by atoms with Gasteiger partial charge in [-0.1, -0.05) is 184 Å². The minimum Gasteiger partial charge on any atom is -0.310 e. The molecule has 0 N–H and O–H groups in total. The second-order valence-corrected chi connectivity index (χ2v) is 17.9. The van der Waals surface area contributed by atoms with Crippen LogP contribution in [0, 0.1) is 0 Å². The van der Waals surface area contributed by atoms with Crippen LogP contribution in [-0.2, 0) is 10.8 Å². The summed E-state index contributed by atoms with van der Waals surface area (Å²) < 4.78 is 2.58. The summed E-state index contributed by atoms with van der Waals surface area (Å²) in [4.78, 5) is 2.56. The van der Waals surface area contributed by atoms with Gasteiger partial charge >= 0.3 is 0 Å². The molecule has 0 amide bonds. The van der Waals surface area contributed by atoms with Crippen LogP contribution in [0.2, 0.25) is 0 Å². The molecule has 12 rings (SSSR count). The van der Waals surface area contributed by atoms with Crippen molar-refractivity contribution in [2.75, 3.05) is 4.90 Å². The molecule has 2 aliphatic rings. The molecule has 2 heteroatoms. The molecule has 0 bridgehead atoms. The lowest BCUT2D eigenvalue weighted by Crippen LogP contribution is -2.28. The third-order valence-corrected chi connectivity index (χ3v) is 14.4. The predicted octanol–water partition coefficient (Wildman–Crippen LogP) is 15.9. The summed E-state index contributed by atoms with van der Waals surface area (Å²) in [5.41, 5.74) is 18.3. The quantitative estimate of drug-likeness (QED) is 0.162. The Morgan fingerprint density at radius 2 is 0.967 bits per heavy atom. The van der Waals surface area contributed by atoms with E-state index in [1.807, 2.05) is 11.3 Å². The van der Waals surface area contributed by atoms with Gasteiger partial charge in [0, 0.05) is 37.0 Å². The fourth-order valence-electron chi connectivity index (χ4n) is 10.8. The number of hydrogen-bond acceptors (Lipinski definition) is 2. The van der Waals surface area contributed by atoms with Crippen LogP contribution in [0.3, 0.4) is 0 Å². The first-order valence-electron chi connectivity index (χ1n) is 20.9. The van der Waals surface area contributed by atoms with E-state index >= 15 is 0 Å². The largest absolute Gasteiger partial charge is 0.310 e. The van der Waals surface area contributed by atoms with E-state index in [0.717, 1.165) is 11.4 Å². The highest BCUT2D eigenvalue weighted by molar-refractivity contribution is 7.26. The Labute approximate surface area is 355 Å². The Morgan fingerprint density at radius 3 is 1.70 bits per heavy atom. The van der Waals surface area contributed by atoms with Gasteiger partial charge in [0.05, 0.1) is 11.1 Å². The van der Waals surface area contributed by atoms with Crippen LogP contribution < -0.4 is 4.90 Å². The first kappa shape index (κ1) is 35.0. The van der Waals surface area contributed by atoms with Crippen molar-refractivity contribution in [2.24, 2.45) is 0 Å². The summed E-state index contributed by atoms with van der Waals surface area (Å²) >= 11 is 1.87. The number of fused-ring (bicyclic) bond motifs is 9. The van der Waals surface area contributed by atoms with Crippen LogP contribution >= 0.6 is 11.3 Å². The first-order chi connectivity index (χ1) is 29.5. The van der Waals surface area contributed by atoms with Gasteiger partial charge in [-0.2, -0.15) is 0 Å². The van der Waals surface area contributed by atoms with Crippen LogP contribution in [0.1, 0.15) is 47.2 Å². The first-order valence-corrected chi connectivity index (χ1v) is 21.7. The zero-order valence-corrected chi connectivity index (χ0v) is 34.4. The van der Waals surface area contributed by atoms with Gasteiger partial charge in [-0.25, -0.2) is 0 Å². The lowest BCUT2D eigenvalue weighted by Gasteiger charge is -2.35. The topological polar surface area (TPSA) is 3.24 Å². The average molecular weight is 784 g/mol. The van der Waals surface area contributed by atoms with Crippen molar-refractivity contribution in [1.29, 1.82) is 0 Å². The zero-order chi connectivity index (χ0) is 40.0. The van der Waals surface area contributed by atoms with Crippen LogP contribution in [0.4, 0.5) is 17.1 Å². The molecule has 0 atom stereocenters. The normalized spacial score (nSPS) is 14.1. The molecule has 0 radical (unpaired) electrons. The van der Waals surface area contributed by atoms with Crippen molar-refractivity contribution < 1.29 is 0 Å². The van der Waals surface area contributed by atoms with Crippen molar-refractivity contribution in [3.05, 3.63) is 246 Å². The number of rotatable bonds is 6. The molecule has 2 aliphatic carbocycles. The summed E-state index contributed by atoms with van der Waals surface area (Å²) in [6.45, 7) is 4.79. The number of hydrogen-bond donors (Lipinski definition) is 0. The molecule has 1 aromatic heterocycles. The maximum Gasteiger partial charge on any atom is 0.0714 e. The number of thiophene rings is 1. The molecule has 9 aromatic carbocycles. The molecule has 0 saturated heterocycles. The van der Waals surface area contributed by atoms with E-state index in [1.54, 1.807) is 0 Å². The lowest BCUT2D eigenvalue weighted by atomic mass is 9.67. The highest BCUT2D eigenvalue weighted by Crippen LogP contribution is 2.59. The second kappa shape index (κ2) is 13.3. The molecular formula is C58H41NS. The van der Waals surface area contributed by atoms with E-state index in [2.05, 4.69) is 231 Å². The predicted molar refractivity (Wildman–Crippen MR) is 254 cm³/mol. The van der Waals surface area contributed by atoms with E-state index in [0.29, 0.717) is 0 Å². The summed E-state index contributed by atoms with van der Waals surface area (Å²) in [6.07, 6.45) is 0. The third-order valence-electron chi connectivity index (χ3n) is 13.3. The smallest absolute Gasteiger partial charge is 0.0714 e. The highest BCUT2D eigenvalue weighted by atomic mass is 32.1. The number of nitrogens with zero attached hydrogens (tertiary/aromatic N) is 1. The van der Waals surface area contributed by atoms with Crippen LogP contribution in [0.15, 0.2) is 212 Å². The van der Waals surface area contributed by atoms with E-state index in [-0.39, 0.29) is 5.41 Å². The molecule has 60 heavy (non-hydrogen) atoms. The summed E-state index contributed by atoms with van der Waals surface area (Å²) in [6, 6.07) is 79.3. The SMILES string of the molecule is CC1(C)c2ccccc2-c2cc(N(c3ccc4c(c3)C(c3ccccc3)(c3ccccc3)c3ccccc3-4)c3cccc4sc5ccccc5c34)cc(-c3ccccc3)c21. The molecule has 10 aromatic rings. The highest BCUT2D eigenvalue weighted by Gasteiger charge is 2.46. The molecule has 0 spiro atoms. The van der Waals surface area contributed by atoms with Gasteiger partial charge in [0.15, 0.2) is 0 Å². The van der Waals surface area contributed by atoms with Gasteiger partial charge in [0.25, 0.3) is 0 Å². The van der Waals surface area contributed by atoms with Gasteiger partial charge < -0.3 is 4.90 Å². The van der Waals surface area contributed by atoms with Crippen molar-refractivity contribution in [1.82, 2.24) is 0 Å². The third kappa shape index (κ3) is 4.92. The molecule has 1 heterocycles. The van der Waals surface area contributed by atoms with Crippen molar-refractivity contribution in [2.45, 2.75) is 24.7 Å². The summed E-state index contributed by atoms with van der Waals surface area (Å²) in [5, 5.41) is 2.56. The molecular weight excluding hydrogens is 743 g/mol. The summed E-state index contributed by atoms with van der Waals surface area (Å²) in [7, 11) is 0. The molecule has 0 unspecified atom stereocenters. The van der Waals surface area contributed by atoms with Gasteiger partial charge in [-0.3, -0.25) is 0 Å². The fraction of sp³-hybridized carbons (Fsp3) is 0.0690. The Hall–Kier alpha value is -7.00. The minimum absolute atomic E-state index is 0.172. The monoisotopic (exact) mass is 783 g/mol. The van der Waals surface area contributed by atoms with Gasteiger partial charge in [0.1, 0.15) is 0 Å². The maximum atomic E-state index is 2.56. The molecule has 0 fully saturated rings. The fourth-order valence-corrected chi connectivity index (χ4v) is 12.0. The van der Waals surface area contributed by atoms with Crippen molar-refractivity contribution in [3.63, 3.8) is 0 Å². The van der Waals surface area contributed by atoms with Crippen LogP contribution in [-0.4, -0.2) is 0 Å². The minimum atomic E-state index is -0.521. The Morgan fingerprint density at radius 1 is 0.400 bits per heavy atom. The molecule has 0 saturated carbocycles. The number of anilines is 3. The van der Waals surface area contributed by atoms with E-state index in [9.17, 15) is 0 Å². The number of benzene rings is 9.